The summed E-state index contributed by atoms with van der Waals surface area (Å²) in [7, 11) is 3.15. The van der Waals surface area contributed by atoms with E-state index in [9.17, 15) is 14.4 Å². The van der Waals surface area contributed by atoms with E-state index in [1.165, 1.54) is 17.2 Å². The summed E-state index contributed by atoms with van der Waals surface area (Å²) in [6.07, 6.45) is 1.09. The first kappa shape index (κ1) is 24.8. The third-order valence-electron chi connectivity index (χ3n) is 7.66. The van der Waals surface area contributed by atoms with Gasteiger partial charge in [-0.3, -0.25) is 18.7 Å². The number of carbonyl (C=O) groups excluding carboxylic acids is 1. The summed E-state index contributed by atoms with van der Waals surface area (Å²) >= 11 is 0. The molecule has 1 N–H and O–H groups in total. The van der Waals surface area contributed by atoms with E-state index in [0.29, 0.717) is 29.8 Å². The Hall–Kier alpha value is -3.87. The predicted molar refractivity (Wildman–Crippen MR) is 147 cm³/mol. The van der Waals surface area contributed by atoms with E-state index in [2.05, 4.69) is 55.3 Å². The van der Waals surface area contributed by atoms with Crippen molar-refractivity contribution in [2.24, 2.45) is 19.5 Å². The molecule has 1 aliphatic heterocycles. The normalized spacial score (nSPS) is 18.2. The highest BCUT2D eigenvalue weighted by Gasteiger charge is 2.42. The minimum Gasteiger partial charge on any atom is -0.367 e. The molecule has 3 aromatic rings. The second kappa shape index (κ2) is 9.21. The van der Waals surface area contributed by atoms with Crippen molar-refractivity contribution in [3.05, 3.63) is 103 Å². The van der Waals surface area contributed by atoms with Crippen LogP contribution in [0.4, 0.5) is 11.5 Å². The Morgan fingerprint density at radius 1 is 0.946 bits per heavy atom. The molecule has 0 bridgehead atoms. The lowest BCUT2D eigenvalue weighted by Gasteiger charge is -2.39. The third-order valence-corrected chi connectivity index (χ3v) is 7.66. The van der Waals surface area contributed by atoms with Crippen LogP contribution in [0.2, 0.25) is 0 Å². The molecular formula is C30H34N4O3. The van der Waals surface area contributed by atoms with Gasteiger partial charge in [-0.1, -0.05) is 56.3 Å². The van der Waals surface area contributed by atoms with Crippen LogP contribution in [0.3, 0.4) is 0 Å². The molecule has 192 valence electrons. The van der Waals surface area contributed by atoms with E-state index in [0.717, 1.165) is 34.6 Å². The molecule has 1 atom stereocenters. The van der Waals surface area contributed by atoms with Gasteiger partial charge in [-0.2, -0.15) is 0 Å². The minimum absolute atomic E-state index is 0.0497. The number of carbonyl (C=O) groups is 1. The molecule has 0 spiro atoms. The Labute approximate surface area is 217 Å². The lowest BCUT2D eigenvalue weighted by Crippen LogP contribution is -2.45. The van der Waals surface area contributed by atoms with E-state index < -0.39 is 11.6 Å². The quantitative estimate of drug-likeness (QED) is 0.567. The van der Waals surface area contributed by atoms with Crippen LogP contribution in [0.25, 0.3) is 0 Å². The van der Waals surface area contributed by atoms with Crippen molar-refractivity contribution in [3.8, 4) is 0 Å². The van der Waals surface area contributed by atoms with Gasteiger partial charge in [0.2, 0.25) is 0 Å². The Balaban J connectivity index is 1.62. The molecule has 2 aliphatic rings. The largest absolute Gasteiger partial charge is 0.367 e. The average Bonchev–Trinajstić information content (AvgIpc) is 2.88. The Bertz CT molecular complexity index is 1510. The summed E-state index contributed by atoms with van der Waals surface area (Å²) in [5.74, 6) is -0.00191. The highest BCUT2D eigenvalue weighted by molar-refractivity contribution is 6.01. The number of rotatable bonds is 5. The van der Waals surface area contributed by atoms with Gasteiger partial charge in [0.1, 0.15) is 5.82 Å². The predicted octanol–water partition coefficient (Wildman–Crippen LogP) is 4.31. The molecule has 0 radical (unpaired) electrons. The molecule has 2 heterocycles. The molecule has 7 heteroatoms. The highest BCUT2D eigenvalue weighted by Crippen LogP contribution is 2.47. The van der Waals surface area contributed by atoms with Crippen LogP contribution in [-0.2, 0) is 25.4 Å². The molecule has 2 aromatic carbocycles. The maximum absolute atomic E-state index is 13.5. The Kier molecular flexibility index (Phi) is 6.18. The molecule has 0 unspecified atom stereocenters. The smallest absolute Gasteiger partial charge is 0.332 e. The Morgan fingerprint density at radius 3 is 2.27 bits per heavy atom. The third kappa shape index (κ3) is 4.32. The fraction of sp³-hybridized carbons (Fsp3) is 0.367. The fourth-order valence-corrected chi connectivity index (χ4v) is 5.75. The molecule has 0 amide bonds. The Morgan fingerprint density at radius 2 is 1.62 bits per heavy atom. The lowest BCUT2D eigenvalue weighted by atomic mass is 9.69. The number of ketones is 1. The molecule has 37 heavy (non-hydrogen) atoms. The number of hydrogen-bond acceptors (Lipinski definition) is 5. The van der Waals surface area contributed by atoms with Gasteiger partial charge in [-0.25, -0.2) is 4.79 Å². The van der Waals surface area contributed by atoms with Gasteiger partial charge in [-0.05, 0) is 42.0 Å². The van der Waals surface area contributed by atoms with Crippen LogP contribution < -0.4 is 21.5 Å². The minimum atomic E-state index is -0.529. The van der Waals surface area contributed by atoms with Gasteiger partial charge in [-0.15, -0.1) is 0 Å². The summed E-state index contributed by atoms with van der Waals surface area (Å²) in [6.45, 7) is 7.91. The zero-order valence-electron chi connectivity index (χ0n) is 22.2. The zero-order chi connectivity index (χ0) is 26.5. The number of allylic oxidation sites excluding steroid dienone is 2. The second-order valence-electron chi connectivity index (χ2n) is 11.0. The monoisotopic (exact) mass is 498 g/mol. The summed E-state index contributed by atoms with van der Waals surface area (Å²) in [5, 5.41) is 3.33. The molecule has 5 rings (SSSR count). The van der Waals surface area contributed by atoms with Crippen LogP contribution in [0.15, 0.2) is 75.5 Å². The topological polar surface area (TPSA) is 76.3 Å². The molecule has 0 saturated heterocycles. The zero-order valence-corrected chi connectivity index (χ0v) is 22.2. The van der Waals surface area contributed by atoms with E-state index in [1.807, 2.05) is 30.3 Å². The van der Waals surface area contributed by atoms with Crippen LogP contribution in [0.1, 0.15) is 56.2 Å². The van der Waals surface area contributed by atoms with Crippen molar-refractivity contribution in [1.29, 1.82) is 0 Å². The average molecular weight is 499 g/mol. The number of hydrogen-bond donors (Lipinski definition) is 1. The number of benzene rings is 2. The van der Waals surface area contributed by atoms with Gasteiger partial charge in [0.05, 0.1) is 5.56 Å². The molecule has 1 aliphatic carbocycles. The summed E-state index contributed by atoms with van der Waals surface area (Å²) in [6, 6.07) is 18.5. The first-order valence-electron chi connectivity index (χ1n) is 12.8. The molecule has 0 fully saturated rings. The second-order valence-corrected chi connectivity index (χ2v) is 11.0. The van der Waals surface area contributed by atoms with Crippen molar-refractivity contribution < 1.29 is 4.79 Å². The van der Waals surface area contributed by atoms with Crippen LogP contribution in [-0.4, -0.2) is 21.5 Å². The van der Waals surface area contributed by atoms with Crippen LogP contribution >= 0.6 is 0 Å². The SMILES string of the molecule is CCN(Cc1ccccc1)c1ccc([C@H]2C3=C(CC(C)(C)CC3=O)Nc3c2c(=O)n(C)c(=O)n3C)cc1. The first-order chi connectivity index (χ1) is 17.6. The molecular weight excluding hydrogens is 464 g/mol. The number of Topliss-reactive ketones (excluding diaryl/α,β-unsaturated/α-hetero) is 1. The standard InChI is InChI=1S/C30H34N4O3/c1-6-34(18-19-10-8-7-9-11-19)21-14-12-20(13-15-21)24-25-22(16-30(2,3)17-23(25)35)31-27-26(24)28(36)33(5)29(37)32(27)4/h7-15,24,31H,6,16-18H2,1-5H3/t24-/m0/s1. The number of fused-ring (bicyclic) bond motifs is 1. The first-order valence-corrected chi connectivity index (χ1v) is 12.8. The fourth-order valence-electron chi connectivity index (χ4n) is 5.75. The summed E-state index contributed by atoms with van der Waals surface area (Å²) in [5.41, 5.74) is 4.11. The van der Waals surface area contributed by atoms with Gasteiger partial charge in [0.15, 0.2) is 5.78 Å². The van der Waals surface area contributed by atoms with Crippen molar-refractivity contribution in [3.63, 3.8) is 0 Å². The number of anilines is 2. The molecule has 7 nitrogen and oxygen atoms in total. The summed E-state index contributed by atoms with van der Waals surface area (Å²) in [4.78, 5) is 42.0. The van der Waals surface area contributed by atoms with E-state index in [4.69, 9.17) is 0 Å². The number of aromatic nitrogens is 2. The van der Waals surface area contributed by atoms with Crippen LogP contribution in [0, 0.1) is 5.41 Å². The van der Waals surface area contributed by atoms with Crippen molar-refractivity contribution in [1.82, 2.24) is 9.13 Å². The molecule has 0 saturated carbocycles. The lowest BCUT2D eigenvalue weighted by molar-refractivity contribution is -0.118. The number of nitrogens with one attached hydrogen (secondary N) is 1. The maximum Gasteiger partial charge on any atom is 0.332 e. The summed E-state index contributed by atoms with van der Waals surface area (Å²) < 4.78 is 2.61. The van der Waals surface area contributed by atoms with Crippen molar-refractivity contribution >= 4 is 17.3 Å². The highest BCUT2D eigenvalue weighted by atomic mass is 16.2. The van der Waals surface area contributed by atoms with E-state index in [1.54, 1.807) is 7.05 Å². The van der Waals surface area contributed by atoms with Crippen LogP contribution in [0.5, 0.6) is 0 Å². The van der Waals surface area contributed by atoms with Gasteiger partial charge < -0.3 is 10.2 Å². The van der Waals surface area contributed by atoms with E-state index in [-0.39, 0.29) is 16.8 Å². The van der Waals surface area contributed by atoms with Gasteiger partial charge >= 0.3 is 5.69 Å². The van der Waals surface area contributed by atoms with Crippen molar-refractivity contribution in [2.45, 2.75) is 46.1 Å². The maximum atomic E-state index is 13.5. The number of nitrogens with zero attached hydrogens (tertiary/aromatic N) is 3. The molecule has 1 aromatic heterocycles. The van der Waals surface area contributed by atoms with Crippen molar-refractivity contribution in [2.75, 3.05) is 16.8 Å². The van der Waals surface area contributed by atoms with E-state index >= 15 is 0 Å². The van der Waals surface area contributed by atoms with Gasteiger partial charge in [0, 0.05) is 56.5 Å². The van der Waals surface area contributed by atoms with Gasteiger partial charge in [0.25, 0.3) is 5.56 Å².